The van der Waals surface area contributed by atoms with Crippen molar-refractivity contribution in [2.75, 3.05) is 13.7 Å². The molecule has 0 heterocycles. The molecule has 0 aliphatic carbocycles. The molecule has 1 atom stereocenters. The third kappa shape index (κ3) is 5.97. The number of ether oxygens (including phenoxy) is 1. The fraction of sp³-hybridized carbons (Fsp3) is 0.300. The Morgan fingerprint density at radius 1 is 1.22 bits per heavy atom. The van der Waals surface area contributed by atoms with Crippen LogP contribution < -0.4 is 10.1 Å². The van der Waals surface area contributed by atoms with Gasteiger partial charge in [0, 0.05) is 18.6 Å². The Kier molecular flexibility index (Phi) is 7.68. The van der Waals surface area contributed by atoms with Crippen LogP contribution in [0.3, 0.4) is 0 Å². The van der Waals surface area contributed by atoms with Crippen LogP contribution in [0, 0.1) is 6.92 Å². The Bertz CT molecular complexity index is 811. The summed E-state index contributed by atoms with van der Waals surface area (Å²) < 4.78 is 6.29. The molecule has 0 saturated carbocycles. The number of aryl methyl sites for hydroxylation is 1. The molecule has 0 aliphatic heterocycles. The number of halogens is 2. The minimum absolute atomic E-state index is 0.187. The molecule has 0 bridgehead atoms. The average molecular weight is 454 g/mol. The zero-order chi connectivity index (χ0) is 20.0. The van der Waals surface area contributed by atoms with Crippen LogP contribution in [0.4, 0.5) is 0 Å². The fourth-order valence-corrected chi connectivity index (χ4v) is 3.29. The van der Waals surface area contributed by atoms with Gasteiger partial charge in [-0.25, -0.2) is 0 Å². The maximum atomic E-state index is 12.8. The van der Waals surface area contributed by atoms with Gasteiger partial charge in [0.1, 0.15) is 11.8 Å². The normalized spacial score (nSPS) is 11.6. The molecule has 5 nitrogen and oxygen atoms in total. The number of carbonyl (C=O) groups is 2. The summed E-state index contributed by atoms with van der Waals surface area (Å²) in [6.45, 7) is 3.83. The zero-order valence-electron chi connectivity index (χ0n) is 15.5. The van der Waals surface area contributed by atoms with Crippen LogP contribution in [0.15, 0.2) is 46.9 Å². The maximum Gasteiger partial charge on any atom is 0.261 e. The summed E-state index contributed by atoms with van der Waals surface area (Å²) in [5.74, 6) is -0.00714. The summed E-state index contributed by atoms with van der Waals surface area (Å²) in [5, 5.41) is 3.15. The van der Waals surface area contributed by atoms with Gasteiger partial charge < -0.3 is 15.0 Å². The first-order valence-electron chi connectivity index (χ1n) is 8.46. The van der Waals surface area contributed by atoms with E-state index in [-0.39, 0.29) is 18.4 Å². The number of hydrogen-bond donors (Lipinski definition) is 1. The zero-order valence-corrected chi connectivity index (χ0v) is 17.8. The quantitative estimate of drug-likeness (QED) is 0.690. The molecule has 0 unspecified atom stereocenters. The van der Waals surface area contributed by atoms with Gasteiger partial charge in [-0.05, 0) is 53.5 Å². The van der Waals surface area contributed by atoms with E-state index in [1.165, 1.54) is 4.90 Å². The lowest BCUT2D eigenvalue weighted by Crippen LogP contribution is -2.48. The highest BCUT2D eigenvalue weighted by molar-refractivity contribution is 9.10. The van der Waals surface area contributed by atoms with Crippen molar-refractivity contribution in [1.29, 1.82) is 0 Å². The first kappa shape index (κ1) is 21.3. The predicted octanol–water partition coefficient (Wildman–Crippen LogP) is 3.95. The van der Waals surface area contributed by atoms with Crippen LogP contribution >= 0.6 is 27.5 Å². The highest BCUT2D eigenvalue weighted by Gasteiger charge is 2.26. The summed E-state index contributed by atoms with van der Waals surface area (Å²) in [7, 11) is 1.55. The first-order valence-corrected chi connectivity index (χ1v) is 9.63. The monoisotopic (exact) mass is 452 g/mol. The maximum absolute atomic E-state index is 12.8. The Balaban J connectivity index is 2.14. The van der Waals surface area contributed by atoms with Crippen LogP contribution in [0.2, 0.25) is 5.02 Å². The second kappa shape index (κ2) is 9.76. The lowest BCUT2D eigenvalue weighted by atomic mass is 10.1. The third-order valence-corrected chi connectivity index (χ3v) is 4.99. The standard InChI is InChI=1S/C20H22BrClN2O3/c1-13-4-6-15(7-5-13)11-24(14(2)20(26)23-3)19(25)12-27-18-9-8-16(22)10-17(18)21/h4-10,14H,11-12H2,1-3H3,(H,23,26)/t14-/m0/s1. The highest BCUT2D eigenvalue weighted by atomic mass is 79.9. The van der Waals surface area contributed by atoms with E-state index in [9.17, 15) is 9.59 Å². The largest absolute Gasteiger partial charge is 0.483 e. The van der Waals surface area contributed by atoms with Crippen LogP contribution in [-0.2, 0) is 16.1 Å². The summed E-state index contributed by atoms with van der Waals surface area (Å²) >= 11 is 9.28. The van der Waals surface area contributed by atoms with Gasteiger partial charge in [0.15, 0.2) is 6.61 Å². The molecular weight excluding hydrogens is 432 g/mol. The minimum atomic E-state index is -0.624. The van der Waals surface area contributed by atoms with Crippen LogP contribution in [0.5, 0.6) is 5.75 Å². The van der Waals surface area contributed by atoms with E-state index in [2.05, 4.69) is 21.2 Å². The number of likely N-dealkylation sites (N-methyl/N-ethyl adjacent to an activating group) is 1. The first-order chi connectivity index (χ1) is 12.8. The van der Waals surface area contributed by atoms with Gasteiger partial charge in [0.05, 0.1) is 4.47 Å². The minimum Gasteiger partial charge on any atom is -0.483 e. The van der Waals surface area contributed by atoms with E-state index in [0.29, 0.717) is 21.8 Å². The van der Waals surface area contributed by atoms with E-state index < -0.39 is 6.04 Å². The van der Waals surface area contributed by atoms with E-state index in [1.54, 1.807) is 32.2 Å². The van der Waals surface area contributed by atoms with E-state index in [4.69, 9.17) is 16.3 Å². The molecule has 0 aromatic heterocycles. The highest BCUT2D eigenvalue weighted by Crippen LogP contribution is 2.28. The van der Waals surface area contributed by atoms with E-state index in [1.807, 2.05) is 31.2 Å². The predicted molar refractivity (Wildman–Crippen MR) is 110 cm³/mol. The molecule has 1 N–H and O–H groups in total. The molecule has 2 aromatic rings. The number of benzene rings is 2. The summed E-state index contributed by atoms with van der Waals surface area (Å²) in [6.07, 6.45) is 0. The van der Waals surface area contributed by atoms with Crippen molar-refractivity contribution in [3.05, 3.63) is 63.1 Å². The molecule has 0 radical (unpaired) electrons. The van der Waals surface area contributed by atoms with Gasteiger partial charge in [-0.2, -0.15) is 0 Å². The van der Waals surface area contributed by atoms with Gasteiger partial charge >= 0.3 is 0 Å². The summed E-state index contributed by atoms with van der Waals surface area (Å²) in [6, 6.07) is 12.3. The Labute approximate surface area is 172 Å². The van der Waals surface area contributed by atoms with Gasteiger partial charge in [-0.1, -0.05) is 41.4 Å². The second-order valence-corrected chi connectivity index (χ2v) is 7.45. The van der Waals surface area contributed by atoms with Crippen LogP contribution in [0.1, 0.15) is 18.1 Å². The van der Waals surface area contributed by atoms with Gasteiger partial charge in [-0.15, -0.1) is 0 Å². The van der Waals surface area contributed by atoms with Crippen LogP contribution in [0.25, 0.3) is 0 Å². The number of rotatable bonds is 7. The fourth-order valence-electron chi connectivity index (χ4n) is 2.50. The van der Waals surface area contributed by atoms with Crippen molar-refractivity contribution in [1.82, 2.24) is 10.2 Å². The summed E-state index contributed by atoms with van der Waals surface area (Å²) in [4.78, 5) is 26.4. The molecule has 0 aliphatic rings. The number of nitrogens with one attached hydrogen (secondary N) is 1. The molecule has 2 aromatic carbocycles. The van der Waals surface area contributed by atoms with Crippen molar-refractivity contribution in [2.24, 2.45) is 0 Å². The number of amides is 2. The molecule has 0 spiro atoms. The van der Waals surface area contributed by atoms with E-state index >= 15 is 0 Å². The van der Waals surface area contributed by atoms with Crippen LogP contribution in [-0.4, -0.2) is 36.4 Å². The molecule has 2 rings (SSSR count). The van der Waals surface area contributed by atoms with Crippen molar-refractivity contribution in [2.45, 2.75) is 26.4 Å². The number of nitrogens with zero attached hydrogens (tertiary/aromatic N) is 1. The van der Waals surface area contributed by atoms with Gasteiger partial charge in [0.25, 0.3) is 5.91 Å². The SMILES string of the molecule is CNC(=O)[C@H](C)N(Cc1ccc(C)cc1)C(=O)COc1ccc(Cl)cc1Br. The Morgan fingerprint density at radius 3 is 2.48 bits per heavy atom. The van der Waals surface area contributed by atoms with Gasteiger partial charge in [0.2, 0.25) is 5.91 Å². The molecule has 2 amide bonds. The molecule has 0 saturated heterocycles. The molecule has 144 valence electrons. The lowest BCUT2D eigenvalue weighted by molar-refractivity contribution is -0.142. The number of carbonyl (C=O) groups excluding carboxylic acids is 2. The molecule has 7 heteroatoms. The second-order valence-electron chi connectivity index (χ2n) is 6.16. The Hall–Kier alpha value is -2.05. The topological polar surface area (TPSA) is 58.6 Å². The average Bonchev–Trinajstić information content (AvgIpc) is 2.65. The molecule has 0 fully saturated rings. The van der Waals surface area contributed by atoms with Gasteiger partial charge in [-0.3, -0.25) is 9.59 Å². The van der Waals surface area contributed by atoms with Crippen molar-refractivity contribution in [3.8, 4) is 5.75 Å². The summed E-state index contributed by atoms with van der Waals surface area (Å²) in [5.41, 5.74) is 2.07. The third-order valence-electron chi connectivity index (χ3n) is 4.13. The van der Waals surface area contributed by atoms with Crippen molar-refractivity contribution >= 4 is 39.3 Å². The molecular formula is C20H22BrClN2O3. The lowest BCUT2D eigenvalue weighted by Gasteiger charge is -2.28. The number of hydrogen-bond acceptors (Lipinski definition) is 3. The molecule has 27 heavy (non-hydrogen) atoms. The van der Waals surface area contributed by atoms with Crippen molar-refractivity contribution < 1.29 is 14.3 Å². The van der Waals surface area contributed by atoms with E-state index in [0.717, 1.165) is 11.1 Å². The Morgan fingerprint density at radius 2 is 1.89 bits per heavy atom. The van der Waals surface area contributed by atoms with Crippen molar-refractivity contribution in [3.63, 3.8) is 0 Å². The smallest absolute Gasteiger partial charge is 0.261 e.